The molecule has 422 valence electrons. The van der Waals surface area contributed by atoms with E-state index in [1.54, 1.807) is 0 Å². The lowest BCUT2D eigenvalue weighted by atomic mass is 9.87. The lowest BCUT2D eigenvalue weighted by Crippen LogP contribution is -2.51. The number of quaternary nitrogens is 2. The van der Waals surface area contributed by atoms with Gasteiger partial charge in [0.1, 0.15) is 6.67 Å². The van der Waals surface area contributed by atoms with Crippen LogP contribution in [0.15, 0.2) is 179 Å². The monoisotopic (exact) mass is 1080 g/mol. The Bertz CT molecular complexity index is 3310. The second kappa shape index (κ2) is 27.4. The molecule has 4 aliphatic rings. The molecule has 2 aromatic heterocycles. The van der Waals surface area contributed by atoms with Gasteiger partial charge in [0.05, 0.1) is 97.3 Å². The Morgan fingerprint density at radius 3 is 1.10 bits per heavy atom. The van der Waals surface area contributed by atoms with Gasteiger partial charge in [0.15, 0.2) is 0 Å². The number of nitrogens with zero attached hydrogens (tertiary/aromatic N) is 6. The van der Waals surface area contributed by atoms with Gasteiger partial charge in [-0.2, -0.15) is 0 Å². The smallest absolute Gasteiger partial charge is 0.100 e. The van der Waals surface area contributed by atoms with Crippen molar-refractivity contribution in [3.63, 3.8) is 0 Å². The summed E-state index contributed by atoms with van der Waals surface area (Å²) in [5.74, 6) is 0. The summed E-state index contributed by atoms with van der Waals surface area (Å²) in [6, 6.07) is 50.0. The van der Waals surface area contributed by atoms with E-state index in [-0.39, 0.29) is 0 Å². The summed E-state index contributed by atoms with van der Waals surface area (Å²) in [5.41, 5.74) is 18.9. The first-order valence-electron chi connectivity index (χ1n) is 32.0. The van der Waals surface area contributed by atoms with E-state index < -0.39 is 0 Å². The fraction of sp³-hybridized carbons (Fsp3) is 0.413. The van der Waals surface area contributed by atoms with Gasteiger partial charge in [-0.25, -0.2) is 9.98 Å². The third kappa shape index (κ3) is 12.7. The molecule has 0 amide bonds. The highest BCUT2D eigenvalue weighted by Gasteiger charge is 2.32. The van der Waals surface area contributed by atoms with Crippen molar-refractivity contribution >= 4 is 33.7 Å². The maximum atomic E-state index is 5.95. The molecule has 0 aliphatic carbocycles. The van der Waals surface area contributed by atoms with Gasteiger partial charge < -0.3 is 18.1 Å². The van der Waals surface area contributed by atoms with Crippen molar-refractivity contribution < 1.29 is 8.97 Å². The average molecular weight is 1080 g/mol. The molecule has 6 aromatic rings. The number of benzene rings is 4. The van der Waals surface area contributed by atoms with E-state index in [4.69, 9.17) is 9.98 Å². The van der Waals surface area contributed by atoms with Crippen LogP contribution in [0.2, 0.25) is 0 Å². The van der Waals surface area contributed by atoms with Crippen LogP contribution in [0.25, 0.3) is 22.3 Å². The Morgan fingerprint density at radius 1 is 0.346 bits per heavy atom. The maximum Gasteiger partial charge on any atom is 0.100 e. The molecular formula is C75H94N6+2. The first-order chi connectivity index (χ1) is 39.9. The van der Waals surface area contributed by atoms with Gasteiger partial charge in [-0.15, -0.1) is 0 Å². The quantitative estimate of drug-likeness (QED) is 0.0403. The maximum absolute atomic E-state index is 5.95. The highest BCUT2D eigenvalue weighted by molar-refractivity contribution is 6.31. The van der Waals surface area contributed by atoms with Crippen LogP contribution in [0.3, 0.4) is 0 Å². The Balaban J connectivity index is 1.23. The van der Waals surface area contributed by atoms with E-state index in [0.717, 1.165) is 98.3 Å². The van der Waals surface area contributed by atoms with E-state index >= 15 is 0 Å². The van der Waals surface area contributed by atoms with Crippen LogP contribution >= 0.6 is 0 Å². The second-order valence-corrected chi connectivity index (χ2v) is 24.0. The third-order valence-corrected chi connectivity index (χ3v) is 18.3. The predicted octanol–water partition coefficient (Wildman–Crippen LogP) is 16.1. The summed E-state index contributed by atoms with van der Waals surface area (Å²) in [4.78, 5) is 11.6. The molecule has 6 heteroatoms. The molecule has 0 unspecified atom stereocenters. The molecule has 0 spiro atoms. The van der Waals surface area contributed by atoms with E-state index in [1.165, 1.54) is 166 Å². The average Bonchev–Trinajstić information content (AvgIpc) is 4.24. The first kappa shape index (κ1) is 57.6. The number of fused-ring (bicyclic) bond motifs is 2. The van der Waals surface area contributed by atoms with Crippen LogP contribution in [0, 0.1) is 0 Å². The first-order valence-corrected chi connectivity index (χ1v) is 32.0. The molecule has 0 saturated carbocycles. The number of allylic oxidation sites excluding steroid dienone is 4. The van der Waals surface area contributed by atoms with E-state index in [0.29, 0.717) is 6.67 Å². The van der Waals surface area contributed by atoms with Crippen molar-refractivity contribution in [1.82, 2.24) is 9.13 Å². The lowest BCUT2D eigenvalue weighted by molar-refractivity contribution is -0.929. The van der Waals surface area contributed by atoms with Crippen LogP contribution in [-0.2, 0) is 19.5 Å². The standard InChI is InChI=1S/C75H94N6/c1-7-13-49-80(50-14-8-2,51-15-9-3)55-29-39-58-37-28-38-59(40-30-56-81(52-16-10-4,53-17-11-5)54-18-12-6)71(58)75-66-44-43-65(77-66)74(62-35-26-21-27-36-62)68-46-45-67-72(60-31-22-19-23-32-60)63-41-42-64(76-63)73(61-33-24-20-25-34-61)69-47-48-70(75)79(69)57-78(67)68/h19-28,31-38,41-48H,7-18,29-30,39-40,49-57H2,1-6H3/q+2. The number of rotatable bonds is 30. The fourth-order valence-electron chi connectivity index (χ4n) is 13.9. The summed E-state index contributed by atoms with van der Waals surface area (Å²) in [7, 11) is 0. The van der Waals surface area contributed by atoms with Gasteiger partial charge in [-0.1, -0.05) is 189 Å². The Labute approximate surface area is 487 Å². The molecule has 6 bridgehead atoms. The van der Waals surface area contributed by atoms with Crippen molar-refractivity contribution in [2.24, 2.45) is 9.98 Å². The van der Waals surface area contributed by atoms with Crippen molar-refractivity contribution in [2.75, 3.05) is 52.4 Å². The number of hydrogen-bond donors (Lipinski definition) is 0. The van der Waals surface area contributed by atoms with Gasteiger partial charge in [0.2, 0.25) is 0 Å². The number of aliphatic imine (C=N–C) groups is 2. The van der Waals surface area contributed by atoms with Crippen molar-refractivity contribution in [3.05, 3.63) is 225 Å². The number of aromatic nitrogens is 2. The highest BCUT2D eigenvalue weighted by atomic mass is 15.4. The molecular weight excluding hydrogens is 985 g/mol. The molecule has 0 atom stereocenters. The third-order valence-electron chi connectivity index (χ3n) is 18.3. The van der Waals surface area contributed by atoms with Gasteiger partial charge in [0, 0.05) is 35.1 Å². The molecule has 0 fully saturated rings. The van der Waals surface area contributed by atoms with Crippen LogP contribution in [0.1, 0.15) is 176 Å². The second-order valence-electron chi connectivity index (χ2n) is 24.0. The minimum absolute atomic E-state index is 0.596. The summed E-state index contributed by atoms with van der Waals surface area (Å²) >= 11 is 0. The number of hydrogen-bond acceptors (Lipinski definition) is 2. The summed E-state index contributed by atoms with van der Waals surface area (Å²) in [6.45, 7) is 25.1. The minimum atomic E-state index is 0.596. The Morgan fingerprint density at radius 2 is 0.704 bits per heavy atom. The van der Waals surface area contributed by atoms with E-state index in [2.05, 4.69) is 208 Å². The molecule has 0 N–H and O–H groups in total. The molecule has 81 heavy (non-hydrogen) atoms. The zero-order valence-corrected chi connectivity index (χ0v) is 50.4. The van der Waals surface area contributed by atoms with Gasteiger partial charge in [-0.3, -0.25) is 0 Å². The normalized spacial score (nSPS) is 14.8. The minimum Gasteiger partial charge on any atom is -0.324 e. The van der Waals surface area contributed by atoms with Crippen LogP contribution in [-0.4, -0.2) is 81.9 Å². The van der Waals surface area contributed by atoms with E-state index in [9.17, 15) is 0 Å². The molecule has 4 aromatic carbocycles. The highest BCUT2D eigenvalue weighted by Crippen LogP contribution is 2.42. The van der Waals surface area contributed by atoms with Gasteiger partial charge >= 0.3 is 0 Å². The van der Waals surface area contributed by atoms with Gasteiger partial charge in [-0.05, 0) is 133 Å². The molecule has 4 aliphatic heterocycles. The molecule has 6 nitrogen and oxygen atoms in total. The van der Waals surface area contributed by atoms with Crippen LogP contribution in [0.4, 0.5) is 0 Å². The zero-order valence-electron chi connectivity index (χ0n) is 50.4. The summed E-state index contributed by atoms with van der Waals surface area (Å²) in [5, 5.41) is 2.29. The lowest BCUT2D eigenvalue weighted by Gasteiger charge is -2.39. The molecule has 6 heterocycles. The number of unbranched alkanes of at least 4 members (excludes halogenated alkanes) is 6. The predicted molar refractivity (Wildman–Crippen MR) is 345 cm³/mol. The van der Waals surface area contributed by atoms with Crippen molar-refractivity contribution in [1.29, 1.82) is 0 Å². The topological polar surface area (TPSA) is 34.6 Å². The largest absolute Gasteiger partial charge is 0.324 e. The Hall–Kier alpha value is -6.60. The summed E-state index contributed by atoms with van der Waals surface area (Å²) in [6.07, 6.45) is 28.9. The molecule has 0 saturated heterocycles. The SMILES string of the molecule is CCCC[N+](CCCC)(CCCC)CCCc1cccc(CCC[N+](CCCC)(CCCC)CCCC)c1C1=C2C=CC(=N2)C(c2ccccc2)=c2ccc3n2Cn2c(ccc21)C(c1ccccc1)=C1C=CC(=N1)C=3c1ccccc1. The fourth-order valence-corrected chi connectivity index (χ4v) is 13.9. The Kier molecular flexibility index (Phi) is 19.5. The number of aryl methyl sites for hydroxylation is 2. The summed E-state index contributed by atoms with van der Waals surface area (Å²) < 4.78 is 7.75. The van der Waals surface area contributed by atoms with Crippen molar-refractivity contribution in [2.45, 2.75) is 151 Å². The zero-order chi connectivity index (χ0) is 56.0. The van der Waals surface area contributed by atoms with E-state index in [1.807, 2.05) is 0 Å². The van der Waals surface area contributed by atoms with Gasteiger partial charge in [0.25, 0.3) is 0 Å². The van der Waals surface area contributed by atoms with Crippen LogP contribution < -0.4 is 10.7 Å². The van der Waals surface area contributed by atoms with Crippen molar-refractivity contribution in [3.8, 4) is 0 Å². The van der Waals surface area contributed by atoms with Crippen LogP contribution in [0.5, 0.6) is 0 Å². The molecule has 10 rings (SSSR count). The molecule has 0 radical (unpaired) electrons.